The molecule has 1 aromatic carbocycles. The molecular formula is C32H39N7O2. The number of hydrogen-bond donors (Lipinski definition) is 1. The molecule has 0 bridgehead atoms. The number of nitrogens with two attached hydrogens (primary N) is 1. The van der Waals surface area contributed by atoms with E-state index in [1.165, 1.54) is 24.8 Å². The molecule has 2 fully saturated rings. The van der Waals surface area contributed by atoms with E-state index in [1.807, 2.05) is 12.1 Å². The fraction of sp³-hybridized carbons (Fsp3) is 0.562. The van der Waals surface area contributed by atoms with Gasteiger partial charge in [-0.1, -0.05) is 11.2 Å². The molecule has 3 aromatic rings. The van der Waals surface area contributed by atoms with Gasteiger partial charge in [-0.05, 0) is 101 Å². The average Bonchev–Trinajstić information content (AvgIpc) is 3.33. The molecule has 9 nitrogen and oxygen atoms in total. The molecule has 2 N–H and O–H groups in total. The predicted molar refractivity (Wildman–Crippen MR) is 157 cm³/mol. The number of fused-ring (bicyclic) bond motifs is 4. The third-order valence-corrected chi connectivity index (χ3v) is 9.93. The monoisotopic (exact) mass is 553 g/mol. The molecule has 214 valence electrons. The summed E-state index contributed by atoms with van der Waals surface area (Å²) in [6, 6.07) is 8.66. The van der Waals surface area contributed by atoms with Crippen molar-refractivity contribution in [3.8, 4) is 23.5 Å². The normalized spacial score (nSPS) is 24.2. The Balaban J connectivity index is 1.29. The Hall–Kier alpha value is -3.64. The van der Waals surface area contributed by atoms with Crippen molar-refractivity contribution in [3.63, 3.8) is 0 Å². The Morgan fingerprint density at radius 3 is 2.83 bits per heavy atom. The first kappa shape index (κ1) is 26.3. The number of nitrogen functional groups attached to an aromatic ring is 1. The first-order valence-electron chi connectivity index (χ1n) is 15.2. The van der Waals surface area contributed by atoms with Gasteiger partial charge < -0.3 is 19.9 Å². The summed E-state index contributed by atoms with van der Waals surface area (Å²) in [6.07, 6.45) is 9.34. The molecule has 1 aliphatic heterocycles. The second-order valence-electron chi connectivity index (χ2n) is 12.7. The van der Waals surface area contributed by atoms with Gasteiger partial charge in [-0.3, -0.25) is 4.90 Å². The van der Waals surface area contributed by atoms with Crippen LogP contribution in [0.4, 0.5) is 11.5 Å². The highest BCUT2D eigenvalue weighted by atomic mass is 16.5. The minimum Gasteiger partial charge on any atom is -0.473 e. The van der Waals surface area contributed by atoms with E-state index in [0.29, 0.717) is 34.7 Å². The van der Waals surface area contributed by atoms with Crippen LogP contribution >= 0.6 is 0 Å². The number of hydrogen-bond acceptors (Lipinski definition) is 9. The Labute approximate surface area is 241 Å². The van der Waals surface area contributed by atoms with Crippen LogP contribution in [0.2, 0.25) is 0 Å². The SMILES string of the molecule is C[C@H](Oc1cc(N(C)CC2CC2)nc(-c2noc3c2CCC[C@@]32CCc3ccc(N)c(C#N)c32)n1)[C@@H]1CCCN1C. The number of likely N-dealkylation sites (tertiary alicyclic amines) is 1. The van der Waals surface area contributed by atoms with Crippen LogP contribution in [-0.2, 0) is 18.3 Å². The maximum Gasteiger partial charge on any atom is 0.219 e. The molecule has 4 aliphatic rings. The summed E-state index contributed by atoms with van der Waals surface area (Å²) in [5.41, 5.74) is 11.0. The number of anilines is 2. The fourth-order valence-corrected chi connectivity index (χ4v) is 7.61. The van der Waals surface area contributed by atoms with Crippen molar-refractivity contribution in [1.82, 2.24) is 20.0 Å². The lowest BCUT2D eigenvalue weighted by Crippen LogP contribution is -2.38. The zero-order valence-electron chi connectivity index (χ0n) is 24.3. The molecule has 3 heterocycles. The number of likely N-dealkylation sites (N-methyl/N-ethyl adjacent to an activating group) is 1. The van der Waals surface area contributed by atoms with E-state index in [1.54, 1.807) is 0 Å². The van der Waals surface area contributed by atoms with Crippen molar-refractivity contribution >= 4 is 11.5 Å². The van der Waals surface area contributed by atoms with E-state index >= 15 is 0 Å². The van der Waals surface area contributed by atoms with Gasteiger partial charge in [-0.2, -0.15) is 10.2 Å². The van der Waals surface area contributed by atoms with Crippen LogP contribution in [-0.4, -0.2) is 59.4 Å². The van der Waals surface area contributed by atoms with Gasteiger partial charge in [0.05, 0.1) is 11.0 Å². The van der Waals surface area contributed by atoms with Gasteiger partial charge >= 0.3 is 0 Å². The van der Waals surface area contributed by atoms with Crippen LogP contribution in [0, 0.1) is 17.2 Å². The lowest BCUT2D eigenvalue weighted by Gasteiger charge is -2.33. The van der Waals surface area contributed by atoms with E-state index in [4.69, 9.17) is 25.0 Å². The number of aromatic nitrogens is 3. The van der Waals surface area contributed by atoms with Crippen LogP contribution in [0.5, 0.6) is 5.88 Å². The van der Waals surface area contributed by atoms with E-state index in [0.717, 1.165) is 80.2 Å². The van der Waals surface area contributed by atoms with Gasteiger partial charge in [0.25, 0.3) is 0 Å². The molecule has 1 saturated heterocycles. The smallest absolute Gasteiger partial charge is 0.219 e. The first-order valence-corrected chi connectivity index (χ1v) is 15.2. The number of nitriles is 1. The zero-order chi connectivity index (χ0) is 28.3. The van der Waals surface area contributed by atoms with Crippen LogP contribution in [0.3, 0.4) is 0 Å². The van der Waals surface area contributed by atoms with Gasteiger partial charge in [0.1, 0.15) is 18.0 Å². The number of nitrogens with zero attached hydrogens (tertiary/aromatic N) is 6. The van der Waals surface area contributed by atoms with Crippen molar-refractivity contribution in [1.29, 1.82) is 5.26 Å². The van der Waals surface area contributed by atoms with Crippen LogP contribution in [0.15, 0.2) is 22.7 Å². The van der Waals surface area contributed by atoms with E-state index in [2.05, 4.69) is 48.1 Å². The molecular weight excluding hydrogens is 514 g/mol. The van der Waals surface area contributed by atoms with Crippen LogP contribution in [0.1, 0.15) is 79.9 Å². The van der Waals surface area contributed by atoms with Crippen LogP contribution in [0.25, 0.3) is 11.5 Å². The molecule has 0 unspecified atom stereocenters. The van der Waals surface area contributed by atoms with Crippen molar-refractivity contribution in [2.45, 2.75) is 82.3 Å². The number of ether oxygens (including phenoxy) is 1. The molecule has 0 amide bonds. The second-order valence-corrected chi connectivity index (χ2v) is 12.7. The lowest BCUT2D eigenvalue weighted by atomic mass is 9.68. The first-order chi connectivity index (χ1) is 19.9. The molecule has 1 saturated carbocycles. The topological polar surface area (TPSA) is 117 Å². The summed E-state index contributed by atoms with van der Waals surface area (Å²) < 4.78 is 12.7. The minimum absolute atomic E-state index is 0.00573. The molecule has 3 aliphatic carbocycles. The Morgan fingerprint density at radius 2 is 2.07 bits per heavy atom. The summed E-state index contributed by atoms with van der Waals surface area (Å²) in [5.74, 6) is 3.53. The van der Waals surface area contributed by atoms with Crippen molar-refractivity contribution in [3.05, 3.63) is 46.2 Å². The molecule has 2 aromatic heterocycles. The second kappa shape index (κ2) is 10.0. The molecule has 1 spiro atoms. The maximum atomic E-state index is 10.1. The molecule has 0 radical (unpaired) electrons. The minimum atomic E-state index is -0.393. The van der Waals surface area contributed by atoms with E-state index < -0.39 is 5.41 Å². The quantitative estimate of drug-likeness (QED) is 0.409. The van der Waals surface area contributed by atoms with Gasteiger partial charge in [0.15, 0.2) is 17.3 Å². The third kappa shape index (κ3) is 4.44. The zero-order valence-corrected chi connectivity index (χ0v) is 24.3. The molecule has 9 heteroatoms. The van der Waals surface area contributed by atoms with Gasteiger partial charge in [-0.25, -0.2) is 4.98 Å². The fourth-order valence-electron chi connectivity index (χ4n) is 7.61. The highest BCUT2D eigenvalue weighted by Crippen LogP contribution is 2.54. The predicted octanol–water partition coefficient (Wildman–Crippen LogP) is 4.86. The number of benzene rings is 1. The van der Waals surface area contributed by atoms with E-state index in [9.17, 15) is 5.26 Å². The lowest BCUT2D eigenvalue weighted by molar-refractivity contribution is 0.117. The van der Waals surface area contributed by atoms with E-state index in [-0.39, 0.29) is 6.10 Å². The highest BCUT2D eigenvalue weighted by molar-refractivity contribution is 5.68. The standard InChI is InChI=1S/C32H39N7O2/c1-19(25-7-5-15-38(25)2)40-27-16-26(39(3)18-20-8-9-20)35-31(36-27)29-22-6-4-13-32(30(22)41-37-29)14-12-21-10-11-24(34)23(17-33)28(21)32/h10-11,16,19-20,25H,4-9,12-15,18,34H2,1-3H3/t19-,25-,32-/m0/s1. The van der Waals surface area contributed by atoms with Gasteiger partial charge in [0, 0.05) is 37.0 Å². The highest BCUT2D eigenvalue weighted by Gasteiger charge is 2.49. The van der Waals surface area contributed by atoms with Crippen molar-refractivity contribution in [2.24, 2.45) is 5.92 Å². The summed E-state index contributed by atoms with van der Waals surface area (Å²) in [6.45, 7) is 4.20. The number of aryl methyl sites for hydroxylation is 1. The van der Waals surface area contributed by atoms with Gasteiger partial charge in [0.2, 0.25) is 5.88 Å². The summed E-state index contributed by atoms with van der Waals surface area (Å²) >= 11 is 0. The van der Waals surface area contributed by atoms with Crippen LogP contribution < -0.4 is 15.4 Å². The summed E-state index contributed by atoms with van der Waals surface area (Å²) in [7, 11) is 4.26. The molecule has 3 atom stereocenters. The van der Waals surface area contributed by atoms with Gasteiger partial charge in [-0.15, -0.1) is 0 Å². The average molecular weight is 554 g/mol. The van der Waals surface area contributed by atoms with Crippen molar-refractivity contribution in [2.75, 3.05) is 37.8 Å². The maximum absolute atomic E-state index is 10.1. The third-order valence-electron chi connectivity index (χ3n) is 9.93. The largest absolute Gasteiger partial charge is 0.473 e. The number of rotatable bonds is 7. The Morgan fingerprint density at radius 1 is 1.22 bits per heavy atom. The molecule has 7 rings (SSSR count). The molecule has 41 heavy (non-hydrogen) atoms. The van der Waals surface area contributed by atoms with Crippen molar-refractivity contribution < 1.29 is 9.26 Å². The Bertz CT molecular complexity index is 1520. The Kier molecular flexibility index (Phi) is 6.42. The summed E-state index contributed by atoms with van der Waals surface area (Å²) in [5, 5.41) is 14.7. The summed E-state index contributed by atoms with van der Waals surface area (Å²) in [4.78, 5) is 14.5.